The summed E-state index contributed by atoms with van der Waals surface area (Å²) in [4.78, 5) is 12.6. The molecule has 2 unspecified atom stereocenters. The Balaban J connectivity index is 2.02. The molecule has 0 aromatic heterocycles. The highest BCUT2D eigenvalue weighted by Gasteiger charge is 2.40. The molecule has 0 saturated carbocycles. The Morgan fingerprint density at radius 1 is 1.00 bits per heavy atom. The molecule has 1 aromatic carbocycles. The predicted molar refractivity (Wildman–Crippen MR) is 76.1 cm³/mol. The second kappa shape index (κ2) is 3.67. The fraction of sp³-hybridized carbons (Fsp3) is 0.167. The lowest BCUT2D eigenvalue weighted by Crippen LogP contribution is -2.31. The van der Waals surface area contributed by atoms with Crippen molar-refractivity contribution in [2.45, 2.75) is 12.8 Å². The molecule has 3 aliphatic rings. The van der Waals surface area contributed by atoms with E-state index in [4.69, 9.17) is 0 Å². The molecule has 0 saturated heterocycles. The maximum Gasteiger partial charge on any atom is 0.189 e. The van der Waals surface area contributed by atoms with Crippen LogP contribution in [0.1, 0.15) is 28.8 Å². The Morgan fingerprint density at radius 3 is 2.74 bits per heavy atom. The monoisotopic (exact) mass is 246 g/mol. The number of fused-ring (bicyclic) bond motifs is 2. The van der Waals surface area contributed by atoms with E-state index in [1.807, 2.05) is 24.3 Å². The van der Waals surface area contributed by atoms with Gasteiger partial charge in [0.05, 0.1) is 0 Å². The molecular weight excluding hydrogens is 232 g/mol. The Morgan fingerprint density at radius 2 is 1.84 bits per heavy atom. The third-order valence-corrected chi connectivity index (χ3v) is 4.42. The quantitative estimate of drug-likeness (QED) is 0.677. The number of benzene rings is 1. The molecule has 0 heterocycles. The zero-order chi connectivity index (χ0) is 13.0. The van der Waals surface area contributed by atoms with Crippen LogP contribution in [0.4, 0.5) is 0 Å². The van der Waals surface area contributed by atoms with Crippen molar-refractivity contribution in [3.63, 3.8) is 0 Å². The highest BCUT2D eigenvalue weighted by molar-refractivity contribution is 6.12. The van der Waals surface area contributed by atoms with Crippen LogP contribution < -0.4 is 0 Å². The lowest BCUT2D eigenvalue weighted by atomic mass is 9.64. The van der Waals surface area contributed by atoms with Crippen molar-refractivity contribution in [3.8, 4) is 0 Å². The number of hydrogen-bond acceptors (Lipinski definition) is 1. The van der Waals surface area contributed by atoms with Gasteiger partial charge in [-0.25, -0.2) is 0 Å². The summed E-state index contributed by atoms with van der Waals surface area (Å²) < 4.78 is 0. The summed E-state index contributed by atoms with van der Waals surface area (Å²) in [6.07, 6.45) is 10.6. The third-order valence-electron chi connectivity index (χ3n) is 4.42. The van der Waals surface area contributed by atoms with Crippen LogP contribution in [0, 0.1) is 5.92 Å². The lowest BCUT2D eigenvalue weighted by Gasteiger charge is -2.38. The molecule has 4 rings (SSSR count). The average molecular weight is 246 g/mol. The highest BCUT2D eigenvalue weighted by atomic mass is 16.1. The first-order valence-corrected chi connectivity index (χ1v) is 6.68. The predicted octanol–water partition coefficient (Wildman–Crippen LogP) is 3.97. The molecule has 0 radical (unpaired) electrons. The van der Waals surface area contributed by atoms with Gasteiger partial charge in [-0.3, -0.25) is 4.79 Å². The van der Waals surface area contributed by atoms with Gasteiger partial charge in [-0.2, -0.15) is 0 Å². The van der Waals surface area contributed by atoms with Gasteiger partial charge in [0.25, 0.3) is 0 Å². The number of carbonyl (C=O) groups is 1. The lowest BCUT2D eigenvalue weighted by molar-refractivity contribution is 0.101. The van der Waals surface area contributed by atoms with Gasteiger partial charge in [0.15, 0.2) is 5.78 Å². The number of ketones is 1. The van der Waals surface area contributed by atoms with Crippen LogP contribution in [-0.2, 0) is 0 Å². The number of allylic oxidation sites excluding steroid dienone is 8. The number of carbonyl (C=O) groups excluding carboxylic acids is 1. The number of Topliss-reactive ketones (excluding diaryl/α,β-unsaturated/α-hetero) is 1. The molecule has 0 aliphatic heterocycles. The standard InChI is InChI=1S/C18H14O/c1-11-9-10-16-17-12(11)7-4-8-14(17)13-5-2-3-6-15(13)18(16)19/h2-10,14,17H,1H3. The van der Waals surface area contributed by atoms with Crippen LogP contribution in [-0.4, -0.2) is 5.78 Å². The summed E-state index contributed by atoms with van der Waals surface area (Å²) in [5.41, 5.74) is 5.56. The first-order valence-electron chi connectivity index (χ1n) is 6.68. The number of hydrogen-bond donors (Lipinski definition) is 0. The van der Waals surface area contributed by atoms with Gasteiger partial charge < -0.3 is 0 Å². The summed E-state index contributed by atoms with van der Waals surface area (Å²) in [7, 11) is 0. The first-order chi connectivity index (χ1) is 9.27. The van der Waals surface area contributed by atoms with Crippen molar-refractivity contribution in [1.29, 1.82) is 0 Å². The molecule has 2 atom stereocenters. The maximum atomic E-state index is 12.6. The number of rotatable bonds is 0. The first kappa shape index (κ1) is 10.7. The van der Waals surface area contributed by atoms with Crippen molar-refractivity contribution in [1.82, 2.24) is 0 Å². The molecule has 19 heavy (non-hydrogen) atoms. The van der Waals surface area contributed by atoms with Crippen molar-refractivity contribution < 1.29 is 4.79 Å². The minimum atomic E-state index is 0.196. The van der Waals surface area contributed by atoms with Crippen molar-refractivity contribution >= 4 is 5.78 Å². The Bertz CT molecular complexity index is 713. The van der Waals surface area contributed by atoms with Gasteiger partial charge in [-0.05, 0) is 23.6 Å². The smallest absolute Gasteiger partial charge is 0.189 e. The summed E-state index contributed by atoms with van der Waals surface area (Å²) in [6, 6.07) is 8.02. The molecule has 0 N–H and O–H groups in total. The van der Waals surface area contributed by atoms with Gasteiger partial charge in [0.1, 0.15) is 0 Å². The molecule has 92 valence electrons. The van der Waals surface area contributed by atoms with Crippen LogP contribution in [0.5, 0.6) is 0 Å². The Labute approximate surface area is 112 Å². The van der Waals surface area contributed by atoms with Crippen LogP contribution >= 0.6 is 0 Å². The minimum Gasteiger partial charge on any atom is -0.289 e. The molecule has 1 aromatic rings. The second-order valence-electron chi connectivity index (χ2n) is 5.40. The summed E-state index contributed by atoms with van der Waals surface area (Å²) in [6.45, 7) is 2.13. The van der Waals surface area contributed by atoms with Crippen LogP contribution in [0.3, 0.4) is 0 Å². The van der Waals surface area contributed by atoms with Gasteiger partial charge in [-0.1, -0.05) is 54.6 Å². The zero-order valence-electron chi connectivity index (χ0n) is 10.8. The fourth-order valence-corrected chi connectivity index (χ4v) is 3.49. The molecule has 0 spiro atoms. The fourth-order valence-electron chi connectivity index (χ4n) is 3.49. The van der Waals surface area contributed by atoms with E-state index in [1.165, 1.54) is 16.7 Å². The molecule has 0 amide bonds. The molecule has 1 nitrogen and oxygen atoms in total. The van der Waals surface area contributed by atoms with E-state index in [-0.39, 0.29) is 11.7 Å². The highest BCUT2D eigenvalue weighted by Crippen LogP contribution is 2.48. The van der Waals surface area contributed by atoms with Gasteiger partial charge in [0, 0.05) is 23.0 Å². The summed E-state index contributed by atoms with van der Waals surface area (Å²) in [5.74, 6) is 0.725. The van der Waals surface area contributed by atoms with Gasteiger partial charge >= 0.3 is 0 Å². The summed E-state index contributed by atoms with van der Waals surface area (Å²) in [5, 5.41) is 0. The second-order valence-corrected chi connectivity index (χ2v) is 5.40. The van der Waals surface area contributed by atoms with Crippen LogP contribution in [0.15, 0.2) is 71.4 Å². The largest absolute Gasteiger partial charge is 0.289 e. The molecular formula is C18H14O. The van der Waals surface area contributed by atoms with E-state index >= 15 is 0 Å². The molecule has 0 bridgehead atoms. The van der Waals surface area contributed by atoms with Crippen LogP contribution in [0.25, 0.3) is 0 Å². The minimum absolute atomic E-state index is 0.196. The van der Waals surface area contributed by atoms with Crippen molar-refractivity contribution in [2.24, 2.45) is 5.92 Å². The van der Waals surface area contributed by atoms with E-state index in [0.717, 1.165) is 11.1 Å². The average Bonchev–Trinajstić information content (AvgIpc) is 2.46. The molecule has 0 fully saturated rings. The Kier molecular flexibility index (Phi) is 2.08. The SMILES string of the molecule is CC1=CC=C2C(=O)c3ccccc3C3C=CC=C1C23. The van der Waals surface area contributed by atoms with Gasteiger partial charge in [0.2, 0.25) is 0 Å². The van der Waals surface area contributed by atoms with Crippen LogP contribution in [0.2, 0.25) is 0 Å². The summed E-state index contributed by atoms with van der Waals surface area (Å²) >= 11 is 0. The van der Waals surface area contributed by atoms with E-state index in [1.54, 1.807) is 0 Å². The Hall–Kier alpha value is -2.15. The van der Waals surface area contributed by atoms with Crippen molar-refractivity contribution in [2.75, 3.05) is 0 Å². The van der Waals surface area contributed by atoms with E-state index in [0.29, 0.717) is 5.92 Å². The van der Waals surface area contributed by atoms with Crippen molar-refractivity contribution in [3.05, 3.63) is 82.5 Å². The molecule has 1 heteroatoms. The third kappa shape index (κ3) is 1.33. The van der Waals surface area contributed by atoms with E-state index in [9.17, 15) is 4.79 Å². The van der Waals surface area contributed by atoms with E-state index in [2.05, 4.69) is 37.3 Å². The molecule has 3 aliphatic carbocycles. The van der Waals surface area contributed by atoms with Gasteiger partial charge in [-0.15, -0.1) is 0 Å². The topological polar surface area (TPSA) is 17.1 Å². The normalized spacial score (nSPS) is 27.0. The maximum absolute atomic E-state index is 12.6. The van der Waals surface area contributed by atoms with E-state index < -0.39 is 0 Å². The zero-order valence-corrected chi connectivity index (χ0v) is 10.8.